The quantitative estimate of drug-likeness (QED) is 0.471. The molecule has 0 fully saturated rings. The number of halogens is 2. The van der Waals surface area contributed by atoms with E-state index in [2.05, 4.69) is 44.4 Å². The number of aromatic nitrogens is 1. The van der Waals surface area contributed by atoms with E-state index in [9.17, 15) is 4.39 Å². The van der Waals surface area contributed by atoms with Gasteiger partial charge in [0.1, 0.15) is 5.82 Å². The van der Waals surface area contributed by atoms with Crippen molar-refractivity contribution in [3.05, 3.63) is 69.6 Å². The summed E-state index contributed by atoms with van der Waals surface area (Å²) in [6, 6.07) is 13.8. The molecule has 136 valence electrons. The fourth-order valence-corrected chi connectivity index (χ4v) is 4.38. The molecule has 1 aromatic heterocycles. The van der Waals surface area contributed by atoms with Crippen molar-refractivity contribution in [3.63, 3.8) is 0 Å². The zero-order valence-electron chi connectivity index (χ0n) is 14.8. The lowest BCUT2D eigenvalue weighted by Crippen LogP contribution is -2.26. The minimum absolute atomic E-state index is 0.158. The molecule has 4 rings (SSSR count). The summed E-state index contributed by atoms with van der Waals surface area (Å²) in [5, 5.41) is 5.10. The SMILES string of the molecule is Fc1ccc(CCCCNC2CCCc3c2[nH]c2ccc(Br)cc32)cc1. The zero-order valence-corrected chi connectivity index (χ0v) is 16.4. The average Bonchev–Trinajstić information content (AvgIpc) is 3.02. The molecule has 2 nitrogen and oxygen atoms in total. The maximum Gasteiger partial charge on any atom is 0.123 e. The van der Waals surface area contributed by atoms with E-state index in [0.29, 0.717) is 6.04 Å². The molecule has 3 aromatic rings. The molecular formula is C22H24BrFN2. The highest BCUT2D eigenvalue weighted by molar-refractivity contribution is 9.10. The first-order valence-electron chi connectivity index (χ1n) is 9.48. The number of fused-ring (bicyclic) bond motifs is 3. The third-order valence-corrected chi connectivity index (χ3v) is 5.86. The van der Waals surface area contributed by atoms with E-state index < -0.39 is 0 Å². The van der Waals surface area contributed by atoms with Crippen LogP contribution in [-0.4, -0.2) is 11.5 Å². The van der Waals surface area contributed by atoms with Gasteiger partial charge >= 0.3 is 0 Å². The highest BCUT2D eigenvalue weighted by atomic mass is 79.9. The second-order valence-electron chi connectivity index (χ2n) is 7.19. The Morgan fingerprint density at radius 1 is 1.12 bits per heavy atom. The second-order valence-corrected chi connectivity index (χ2v) is 8.11. The van der Waals surface area contributed by atoms with E-state index >= 15 is 0 Å². The number of aromatic amines is 1. The van der Waals surface area contributed by atoms with Gasteiger partial charge in [0.15, 0.2) is 0 Å². The van der Waals surface area contributed by atoms with E-state index in [1.165, 1.54) is 40.6 Å². The summed E-state index contributed by atoms with van der Waals surface area (Å²) in [7, 11) is 0. The molecular weight excluding hydrogens is 391 g/mol. The summed E-state index contributed by atoms with van der Waals surface area (Å²) in [6.45, 7) is 1.02. The van der Waals surface area contributed by atoms with Gasteiger partial charge in [0.2, 0.25) is 0 Å². The number of rotatable bonds is 6. The molecule has 0 saturated carbocycles. The predicted octanol–water partition coefficient (Wildman–Crippen LogP) is 6.06. The summed E-state index contributed by atoms with van der Waals surface area (Å²) in [5.41, 5.74) is 5.31. The van der Waals surface area contributed by atoms with E-state index in [0.717, 1.165) is 36.7 Å². The first-order valence-corrected chi connectivity index (χ1v) is 10.3. The summed E-state index contributed by atoms with van der Waals surface area (Å²) in [4.78, 5) is 3.65. The molecule has 1 atom stereocenters. The van der Waals surface area contributed by atoms with Crippen molar-refractivity contribution in [2.24, 2.45) is 0 Å². The van der Waals surface area contributed by atoms with E-state index in [4.69, 9.17) is 0 Å². The fraction of sp³-hybridized carbons (Fsp3) is 0.364. The minimum Gasteiger partial charge on any atom is -0.357 e. The number of hydrogen-bond donors (Lipinski definition) is 2. The molecule has 26 heavy (non-hydrogen) atoms. The largest absolute Gasteiger partial charge is 0.357 e. The molecule has 2 aromatic carbocycles. The summed E-state index contributed by atoms with van der Waals surface area (Å²) in [5.74, 6) is -0.158. The number of benzene rings is 2. The van der Waals surface area contributed by atoms with Gasteiger partial charge in [0.05, 0.1) is 0 Å². The normalized spacial score (nSPS) is 16.8. The number of hydrogen-bond acceptors (Lipinski definition) is 1. The summed E-state index contributed by atoms with van der Waals surface area (Å²) < 4.78 is 14.1. The van der Waals surface area contributed by atoms with Gasteiger partial charge in [-0.15, -0.1) is 0 Å². The third-order valence-electron chi connectivity index (χ3n) is 5.37. The maximum absolute atomic E-state index is 12.9. The van der Waals surface area contributed by atoms with Crippen LogP contribution in [0.2, 0.25) is 0 Å². The summed E-state index contributed by atoms with van der Waals surface area (Å²) >= 11 is 3.59. The van der Waals surface area contributed by atoms with Crippen molar-refractivity contribution < 1.29 is 4.39 Å². The molecule has 0 aliphatic heterocycles. The monoisotopic (exact) mass is 414 g/mol. The van der Waals surface area contributed by atoms with Crippen LogP contribution in [0.1, 0.15) is 48.5 Å². The Morgan fingerprint density at radius 2 is 1.96 bits per heavy atom. The van der Waals surface area contributed by atoms with Crippen LogP contribution in [0.5, 0.6) is 0 Å². The first kappa shape index (κ1) is 17.7. The molecule has 0 amide bonds. The zero-order chi connectivity index (χ0) is 17.9. The van der Waals surface area contributed by atoms with Gasteiger partial charge in [-0.2, -0.15) is 0 Å². The standard InChI is InChI=1S/C22H24BrFN2/c23-16-9-12-20-19(14-16)18-5-3-6-21(22(18)26-20)25-13-2-1-4-15-7-10-17(24)11-8-15/h7-12,14,21,25-26H,1-6,13H2. The second kappa shape index (κ2) is 7.93. The third kappa shape index (κ3) is 3.86. The van der Waals surface area contributed by atoms with Crippen molar-refractivity contribution in [2.75, 3.05) is 6.54 Å². The van der Waals surface area contributed by atoms with Gasteiger partial charge in [0.25, 0.3) is 0 Å². The van der Waals surface area contributed by atoms with Crippen LogP contribution < -0.4 is 5.32 Å². The van der Waals surface area contributed by atoms with Crippen molar-refractivity contribution in [1.82, 2.24) is 10.3 Å². The van der Waals surface area contributed by atoms with Gasteiger partial charge in [-0.1, -0.05) is 28.1 Å². The van der Waals surface area contributed by atoms with Crippen molar-refractivity contribution in [2.45, 2.75) is 44.6 Å². The molecule has 0 saturated heterocycles. The molecule has 4 heteroatoms. The van der Waals surface area contributed by atoms with Crippen molar-refractivity contribution in [3.8, 4) is 0 Å². The van der Waals surface area contributed by atoms with Crippen molar-refractivity contribution in [1.29, 1.82) is 0 Å². The van der Waals surface area contributed by atoms with Gasteiger partial charge in [-0.3, -0.25) is 0 Å². The Balaban J connectivity index is 1.33. The van der Waals surface area contributed by atoms with Crippen LogP contribution in [0.15, 0.2) is 46.9 Å². The van der Waals surface area contributed by atoms with E-state index in [-0.39, 0.29) is 5.82 Å². The molecule has 0 bridgehead atoms. The maximum atomic E-state index is 12.9. The fourth-order valence-electron chi connectivity index (χ4n) is 4.02. The Bertz CT molecular complexity index is 885. The average molecular weight is 415 g/mol. The predicted molar refractivity (Wildman–Crippen MR) is 109 cm³/mol. The lowest BCUT2D eigenvalue weighted by molar-refractivity contribution is 0.446. The van der Waals surface area contributed by atoms with Crippen LogP contribution in [0, 0.1) is 5.82 Å². The lowest BCUT2D eigenvalue weighted by atomic mass is 9.91. The molecule has 1 unspecified atom stereocenters. The number of unbranched alkanes of at least 4 members (excludes halogenated alkanes) is 1. The highest BCUT2D eigenvalue weighted by Crippen LogP contribution is 2.35. The topological polar surface area (TPSA) is 27.8 Å². The van der Waals surface area contributed by atoms with Crippen LogP contribution >= 0.6 is 15.9 Å². The van der Waals surface area contributed by atoms with Gasteiger partial charge in [-0.25, -0.2) is 4.39 Å². The summed E-state index contributed by atoms with van der Waals surface area (Å²) in [6.07, 6.45) is 6.86. The van der Waals surface area contributed by atoms with Gasteiger partial charge in [0, 0.05) is 27.1 Å². The molecule has 1 aliphatic carbocycles. The van der Waals surface area contributed by atoms with Gasteiger partial charge < -0.3 is 10.3 Å². The van der Waals surface area contributed by atoms with Crippen LogP contribution in [0.4, 0.5) is 4.39 Å². The molecule has 0 radical (unpaired) electrons. The number of nitrogens with one attached hydrogen (secondary N) is 2. The molecule has 1 heterocycles. The van der Waals surface area contributed by atoms with Crippen LogP contribution in [0.25, 0.3) is 10.9 Å². The van der Waals surface area contributed by atoms with Crippen LogP contribution in [0.3, 0.4) is 0 Å². The van der Waals surface area contributed by atoms with E-state index in [1.54, 1.807) is 12.1 Å². The smallest absolute Gasteiger partial charge is 0.123 e. The first-order chi connectivity index (χ1) is 12.7. The Morgan fingerprint density at radius 3 is 2.81 bits per heavy atom. The lowest BCUT2D eigenvalue weighted by Gasteiger charge is -2.24. The molecule has 2 N–H and O–H groups in total. The van der Waals surface area contributed by atoms with Crippen molar-refractivity contribution >= 4 is 26.8 Å². The highest BCUT2D eigenvalue weighted by Gasteiger charge is 2.23. The molecule has 0 spiro atoms. The van der Waals surface area contributed by atoms with Crippen LogP contribution in [-0.2, 0) is 12.8 Å². The number of H-pyrrole nitrogens is 1. The van der Waals surface area contributed by atoms with E-state index in [1.807, 2.05) is 12.1 Å². The molecule has 1 aliphatic rings. The van der Waals surface area contributed by atoms with Gasteiger partial charge in [-0.05, 0) is 86.5 Å². The Kier molecular flexibility index (Phi) is 5.41. The minimum atomic E-state index is -0.158. The number of aryl methyl sites for hydroxylation is 2. The Labute approximate surface area is 162 Å². The Hall–Kier alpha value is -1.65.